The van der Waals surface area contributed by atoms with Crippen molar-refractivity contribution in [2.45, 2.75) is 50.4 Å². The Bertz CT molecular complexity index is 892. The van der Waals surface area contributed by atoms with Gasteiger partial charge in [-0.15, -0.1) is 0 Å². The van der Waals surface area contributed by atoms with Crippen molar-refractivity contribution >= 4 is 11.9 Å². The first-order valence-electron chi connectivity index (χ1n) is 9.54. The first-order chi connectivity index (χ1) is 14.2. The number of hydrogen-bond donors (Lipinski definition) is 2. The largest absolute Gasteiger partial charge is 0.481 e. The van der Waals surface area contributed by atoms with Gasteiger partial charge < -0.3 is 10.2 Å². The topological polar surface area (TPSA) is 122 Å². The van der Waals surface area contributed by atoms with E-state index in [0.29, 0.717) is 5.56 Å². The predicted molar refractivity (Wildman–Crippen MR) is 113 cm³/mol. The number of carboxylic acids is 2. The normalized spacial score (nSPS) is 10.7. The molecule has 0 saturated heterocycles. The Kier molecular flexibility index (Phi) is 9.26. The van der Waals surface area contributed by atoms with Gasteiger partial charge in [0.25, 0.3) is 0 Å². The molecule has 0 saturated carbocycles. The molecule has 0 amide bonds. The van der Waals surface area contributed by atoms with Crippen LogP contribution < -0.4 is 0 Å². The van der Waals surface area contributed by atoms with Crippen LogP contribution in [0.15, 0.2) is 60.7 Å². The Balaban J connectivity index is 0.000000346. The fourth-order valence-electron chi connectivity index (χ4n) is 2.91. The zero-order chi connectivity index (χ0) is 22.6. The van der Waals surface area contributed by atoms with E-state index in [1.807, 2.05) is 44.2 Å². The van der Waals surface area contributed by atoms with Crippen LogP contribution in [0.4, 0.5) is 0 Å². The average molecular weight is 406 g/mol. The van der Waals surface area contributed by atoms with Gasteiger partial charge >= 0.3 is 11.9 Å². The highest BCUT2D eigenvalue weighted by Crippen LogP contribution is 2.33. The monoisotopic (exact) mass is 406 g/mol. The van der Waals surface area contributed by atoms with Crippen molar-refractivity contribution in [3.63, 3.8) is 0 Å². The molecule has 6 nitrogen and oxygen atoms in total. The van der Waals surface area contributed by atoms with Gasteiger partial charge in [-0.05, 0) is 37.8 Å². The fourth-order valence-corrected chi connectivity index (χ4v) is 2.91. The number of benzene rings is 2. The number of carboxylic acid groups (broad SMARTS) is 2. The molecule has 2 aromatic rings. The highest BCUT2D eigenvalue weighted by atomic mass is 16.4. The van der Waals surface area contributed by atoms with Crippen LogP contribution in [-0.4, -0.2) is 22.2 Å². The second kappa shape index (κ2) is 11.4. The van der Waals surface area contributed by atoms with Gasteiger partial charge in [-0.3, -0.25) is 9.59 Å². The Hall–Kier alpha value is -3.64. The second-order valence-corrected chi connectivity index (χ2v) is 7.45. The molecular formula is C24H26N2O4. The van der Waals surface area contributed by atoms with E-state index in [0.717, 1.165) is 5.56 Å². The Morgan fingerprint density at radius 1 is 0.767 bits per heavy atom. The third-order valence-electron chi connectivity index (χ3n) is 4.85. The van der Waals surface area contributed by atoms with Gasteiger partial charge in [0.15, 0.2) is 0 Å². The molecule has 0 aromatic heterocycles. The first kappa shape index (κ1) is 24.4. The second-order valence-electron chi connectivity index (χ2n) is 7.45. The van der Waals surface area contributed by atoms with Crippen LogP contribution in [0.3, 0.4) is 0 Å². The van der Waals surface area contributed by atoms with Crippen molar-refractivity contribution < 1.29 is 19.8 Å². The number of aliphatic carboxylic acids is 2. The van der Waals surface area contributed by atoms with Crippen LogP contribution in [0.1, 0.15) is 50.7 Å². The maximum absolute atomic E-state index is 10.7. The molecule has 0 atom stereocenters. The summed E-state index contributed by atoms with van der Waals surface area (Å²) in [6, 6.07) is 22.9. The molecule has 2 rings (SSSR count). The van der Waals surface area contributed by atoms with Crippen LogP contribution in [0.5, 0.6) is 0 Å². The lowest BCUT2D eigenvalue weighted by Gasteiger charge is -2.26. The molecule has 0 radical (unpaired) electrons. The molecule has 0 unspecified atom stereocenters. The molecule has 0 heterocycles. The standard InChI is InChI=1S/C14H15NO4.C10H11N/c15-10-14(8-6-12(16)17,9-7-13(18)19)11-4-2-1-3-5-11;1-10(2,8-11)9-6-4-3-5-7-9/h1-5H,6-9H2,(H,16,17)(H,18,19);3-7H,1-2H3. The van der Waals surface area contributed by atoms with Crippen molar-refractivity contribution in [2.24, 2.45) is 0 Å². The van der Waals surface area contributed by atoms with Crippen LogP contribution in [-0.2, 0) is 20.4 Å². The highest BCUT2D eigenvalue weighted by molar-refractivity contribution is 5.68. The lowest BCUT2D eigenvalue weighted by molar-refractivity contribution is -0.137. The van der Waals surface area contributed by atoms with Crippen molar-refractivity contribution in [1.82, 2.24) is 0 Å². The summed E-state index contributed by atoms with van der Waals surface area (Å²) >= 11 is 0. The lowest BCUT2D eigenvalue weighted by atomic mass is 9.74. The van der Waals surface area contributed by atoms with Gasteiger partial charge in [-0.25, -0.2) is 0 Å². The summed E-state index contributed by atoms with van der Waals surface area (Å²) in [5.74, 6) is -1.99. The van der Waals surface area contributed by atoms with Gasteiger partial charge in [0.05, 0.1) is 23.0 Å². The summed E-state index contributed by atoms with van der Waals surface area (Å²) in [7, 11) is 0. The highest BCUT2D eigenvalue weighted by Gasteiger charge is 2.33. The summed E-state index contributed by atoms with van der Waals surface area (Å²) < 4.78 is 0. The maximum Gasteiger partial charge on any atom is 0.303 e. The van der Waals surface area contributed by atoms with E-state index in [1.165, 1.54) is 0 Å². The molecule has 2 N–H and O–H groups in total. The molecule has 0 fully saturated rings. The van der Waals surface area contributed by atoms with E-state index < -0.39 is 17.4 Å². The quantitative estimate of drug-likeness (QED) is 0.657. The number of carbonyl (C=O) groups is 2. The van der Waals surface area contributed by atoms with Gasteiger partial charge in [-0.1, -0.05) is 60.7 Å². The zero-order valence-electron chi connectivity index (χ0n) is 17.2. The Labute approximate surface area is 177 Å². The van der Waals surface area contributed by atoms with E-state index >= 15 is 0 Å². The number of nitriles is 2. The van der Waals surface area contributed by atoms with Crippen molar-refractivity contribution in [2.75, 3.05) is 0 Å². The summed E-state index contributed by atoms with van der Waals surface area (Å²) in [5.41, 5.74) is 0.321. The third-order valence-corrected chi connectivity index (χ3v) is 4.85. The average Bonchev–Trinajstić information content (AvgIpc) is 2.76. The molecule has 0 aliphatic rings. The van der Waals surface area contributed by atoms with Gasteiger partial charge in [0, 0.05) is 12.8 Å². The van der Waals surface area contributed by atoms with Gasteiger partial charge in [0.1, 0.15) is 0 Å². The van der Waals surface area contributed by atoms with Crippen LogP contribution in [0.2, 0.25) is 0 Å². The van der Waals surface area contributed by atoms with Gasteiger partial charge in [0.2, 0.25) is 0 Å². The molecule has 156 valence electrons. The minimum Gasteiger partial charge on any atom is -0.481 e. The molecule has 0 aliphatic carbocycles. The molecule has 6 heteroatoms. The lowest BCUT2D eigenvalue weighted by Crippen LogP contribution is -2.26. The molecular weight excluding hydrogens is 380 g/mol. The van der Waals surface area contributed by atoms with E-state index in [4.69, 9.17) is 15.5 Å². The summed E-state index contributed by atoms with van der Waals surface area (Å²) in [6.07, 6.45) is -0.115. The number of rotatable bonds is 8. The minimum absolute atomic E-state index is 0.107. The molecule has 2 aromatic carbocycles. The fraction of sp³-hybridized carbons (Fsp3) is 0.333. The predicted octanol–water partition coefficient (Wildman–Crippen LogP) is 4.67. The molecule has 0 aliphatic heterocycles. The summed E-state index contributed by atoms with van der Waals surface area (Å²) in [5, 5.41) is 35.8. The Morgan fingerprint density at radius 2 is 1.17 bits per heavy atom. The van der Waals surface area contributed by atoms with Crippen molar-refractivity contribution in [1.29, 1.82) is 10.5 Å². The number of hydrogen-bond acceptors (Lipinski definition) is 4. The molecule has 0 spiro atoms. The van der Waals surface area contributed by atoms with Crippen molar-refractivity contribution in [3.8, 4) is 12.1 Å². The van der Waals surface area contributed by atoms with E-state index in [1.54, 1.807) is 30.3 Å². The van der Waals surface area contributed by atoms with Crippen molar-refractivity contribution in [3.05, 3.63) is 71.8 Å². The SMILES string of the molecule is CC(C)(C#N)c1ccccc1.N#CC(CCC(=O)O)(CCC(=O)O)c1ccccc1. The smallest absolute Gasteiger partial charge is 0.303 e. The van der Waals surface area contributed by atoms with E-state index in [2.05, 4.69) is 12.1 Å². The molecule has 30 heavy (non-hydrogen) atoms. The zero-order valence-corrected chi connectivity index (χ0v) is 17.2. The van der Waals surface area contributed by atoms with Gasteiger partial charge in [-0.2, -0.15) is 10.5 Å². The number of nitrogens with zero attached hydrogens (tertiary/aromatic N) is 2. The molecule has 0 bridgehead atoms. The summed E-state index contributed by atoms with van der Waals surface area (Å²) in [4.78, 5) is 21.4. The van der Waals surface area contributed by atoms with E-state index in [9.17, 15) is 14.9 Å². The third kappa shape index (κ3) is 7.41. The van der Waals surface area contributed by atoms with E-state index in [-0.39, 0.29) is 31.1 Å². The first-order valence-corrected chi connectivity index (χ1v) is 9.54. The van der Waals surface area contributed by atoms with Crippen LogP contribution in [0.25, 0.3) is 0 Å². The van der Waals surface area contributed by atoms with Crippen LogP contribution in [0, 0.1) is 22.7 Å². The minimum atomic E-state index is -1.06. The maximum atomic E-state index is 10.7. The summed E-state index contributed by atoms with van der Waals surface area (Å²) in [6.45, 7) is 3.84. The van der Waals surface area contributed by atoms with Crippen LogP contribution >= 0.6 is 0 Å². The Morgan fingerprint density at radius 3 is 1.50 bits per heavy atom.